The summed E-state index contributed by atoms with van der Waals surface area (Å²) >= 11 is 0. The largest absolute Gasteiger partial charge is 0.439 e. The van der Waals surface area contributed by atoms with Gasteiger partial charge < -0.3 is 14.6 Å². The molecule has 1 aliphatic rings. The molecular weight excluding hydrogens is 445 g/mol. The monoisotopic (exact) mass is 477 g/mol. The summed E-state index contributed by atoms with van der Waals surface area (Å²) in [6.45, 7) is 4.33. The molecule has 0 radical (unpaired) electrons. The molecule has 1 N–H and O–H groups in total. The Balaban J connectivity index is 1.66. The molecule has 7 heteroatoms. The van der Waals surface area contributed by atoms with Crippen LogP contribution in [0.2, 0.25) is 0 Å². The molecule has 0 bridgehead atoms. The van der Waals surface area contributed by atoms with Gasteiger partial charge in [0.25, 0.3) is 0 Å². The van der Waals surface area contributed by atoms with Crippen molar-refractivity contribution < 1.29 is 19.0 Å². The molecule has 3 aromatic rings. The fraction of sp³-hybridized carbons (Fsp3) is 0.393. The van der Waals surface area contributed by atoms with Crippen LogP contribution in [0.4, 0.5) is 4.39 Å². The number of benzene rings is 2. The van der Waals surface area contributed by atoms with E-state index in [0.717, 1.165) is 29.9 Å². The minimum Gasteiger partial charge on any atom is -0.439 e. The van der Waals surface area contributed by atoms with E-state index in [1.165, 1.54) is 25.0 Å². The number of terminal acetylenes is 1. The smallest absolute Gasteiger partial charge is 0.227 e. The SMILES string of the molecule is C#CCOC[C@@H](O)CN(Cc1c(CC)nn(-c2ccccc2)c1Oc1ccc(F)cc1)CC1CC1. The average Bonchev–Trinajstić information content (AvgIpc) is 3.62. The molecule has 1 aliphatic carbocycles. The Hall–Kier alpha value is -3.18. The van der Waals surface area contributed by atoms with E-state index in [0.29, 0.717) is 30.6 Å². The van der Waals surface area contributed by atoms with Crippen LogP contribution in [0.1, 0.15) is 31.0 Å². The maximum Gasteiger partial charge on any atom is 0.227 e. The molecule has 1 fully saturated rings. The van der Waals surface area contributed by atoms with Crippen molar-refractivity contribution in [1.82, 2.24) is 14.7 Å². The van der Waals surface area contributed by atoms with Crippen LogP contribution in [-0.2, 0) is 17.7 Å². The van der Waals surface area contributed by atoms with Gasteiger partial charge in [-0.1, -0.05) is 31.0 Å². The van der Waals surface area contributed by atoms with E-state index in [-0.39, 0.29) is 19.0 Å². The molecule has 1 atom stereocenters. The lowest BCUT2D eigenvalue weighted by Crippen LogP contribution is -2.36. The number of aliphatic hydroxyl groups excluding tert-OH is 1. The van der Waals surface area contributed by atoms with Crippen LogP contribution in [0.3, 0.4) is 0 Å². The first kappa shape index (κ1) is 24.9. The van der Waals surface area contributed by atoms with Crippen LogP contribution >= 0.6 is 0 Å². The van der Waals surface area contributed by atoms with E-state index in [2.05, 4.69) is 17.7 Å². The van der Waals surface area contributed by atoms with Crippen molar-refractivity contribution in [1.29, 1.82) is 0 Å². The first-order chi connectivity index (χ1) is 17.1. The average molecular weight is 478 g/mol. The van der Waals surface area contributed by atoms with Gasteiger partial charge in [0.1, 0.15) is 18.2 Å². The van der Waals surface area contributed by atoms with Gasteiger partial charge in [0, 0.05) is 19.6 Å². The predicted octanol–water partition coefficient (Wildman–Crippen LogP) is 4.59. The van der Waals surface area contributed by atoms with Gasteiger partial charge in [-0.2, -0.15) is 5.10 Å². The van der Waals surface area contributed by atoms with Crippen LogP contribution in [0.5, 0.6) is 11.6 Å². The van der Waals surface area contributed by atoms with Gasteiger partial charge in [-0.25, -0.2) is 9.07 Å². The second kappa shape index (κ2) is 12.0. The molecule has 1 saturated carbocycles. The highest BCUT2D eigenvalue weighted by atomic mass is 19.1. The standard InChI is InChI=1S/C28H32FN3O3/c1-3-16-34-20-24(33)18-31(17-21-10-11-21)19-26-27(4-2)30-32(23-8-6-5-7-9-23)28(26)35-25-14-12-22(29)13-15-25/h1,5-9,12-15,21,24,33H,4,10-11,16-20H2,2H3/t24-/m0/s1. The molecular formula is C28H32FN3O3. The molecule has 6 nitrogen and oxygen atoms in total. The van der Waals surface area contributed by atoms with E-state index in [9.17, 15) is 9.50 Å². The Morgan fingerprint density at radius 3 is 2.60 bits per heavy atom. The summed E-state index contributed by atoms with van der Waals surface area (Å²) in [5.41, 5.74) is 2.75. The highest BCUT2D eigenvalue weighted by Gasteiger charge is 2.28. The lowest BCUT2D eigenvalue weighted by atomic mass is 10.1. The Morgan fingerprint density at radius 1 is 1.20 bits per heavy atom. The lowest BCUT2D eigenvalue weighted by Gasteiger charge is -2.25. The van der Waals surface area contributed by atoms with Gasteiger partial charge in [0.15, 0.2) is 0 Å². The Labute approximate surface area is 206 Å². The lowest BCUT2D eigenvalue weighted by molar-refractivity contribution is 0.0249. The van der Waals surface area contributed by atoms with E-state index in [4.69, 9.17) is 21.0 Å². The van der Waals surface area contributed by atoms with Crippen molar-refractivity contribution in [2.24, 2.45) is 5.92 Å². The Morgan fingerprint density at radius 2 is 1.94 bits per heavy atom. The molecule has 1 heterocycles. The van der Waals surface area contributed by atoms with Crippen LogP contribution in [0, 0.1) is 24.1 Å². The molecule has 35 heavy (non-hydrogen) atoms. The van der Waals surface area contributed by atoms with E-state index >= 15 is 0 Å². The second-order valence-electron chi connectivity index (χ2n) is 8.90. The first-order valence-electron chi connectivity index (χ1n) is 12.1. The van der Waals surface area contributed by atoms with Crippen molar-refractivity contribution in [3.05, 3.63) is 71.7 Å². The fourth-order valence-corrected chi connectivity index (χ4v) is 4.08. The zero-order chi connectivity index (χ0) is 24.6. The van der Waals surface area contributed by atoms with Crippen molar-refractivity contribution in [2.45, 2.75) is 38.8 Å². The number of rotatable bonds is 13. The topological polar surface area (TPSA) is 59.8 Å². The minimum atomic E-state index is -0.655. The molecule has 0 spiro atoms. The Kier molecular flexibility index (Phi) is 8.54. The molecule has 0 amide bonds. The molecule has 1 aromatic heterocycles. The molecule has 0 aliphatic heterocycles. The number of nitrogens with zero attached hydrogens (tertiary/aromatic N) is 3. The summed E-state index contributed by atoms with van der Waals surface area (Å²) in [6.07, 6.45) is 7.71. The van der Waals surface area contributed by atoms with E-state index in [1.807, 2.05) is 30.3 Å². The number of aliphatic hydroxyl groups is 1. The first-order valence-corrected chi connectivity index (χ1v) is 12.1. The zero-order valence-electron chi connectivity index (χ0n) is 20.1. The van der Waals surface area contributed by atoms with Crippen LogP contribution in [0.15, 0.2) is 54.6 Å². The number of para-hydroxylation sites is 1. The van der Waals surface area contributed by atoms with Crippen LogP contribution < -0.4 is 4.74 Å². The van der Waals surface area contributed by atoms with Gasteiger partial charge in [-0.3, -0.25) is 4.90 Å². The van der Waals surface area contributed by atoms with Gasteiger partial charge >= 0.3 is 0 Å². The van der Waals surface area contributed by atoms with Crippen molar-refractivity contribution in [3.63, 3.8) is 0 Å². The highest BCUT2D eigenvalue weighted by molar-refractivity contribution is 5.43. The number of ether oxygens (including phenoxy) is 2. The van der Waals surface area contributed by atoms with E-state index < -0.39 is 6.10 Å². The predicted molar refractivity (Wildman–Crippen MR) is 133 cm³/mol. The Bertz CT molecular complexity index is 1120. The summed E-state index contributed by atoms with van der Waals surface area (Å²) < 4.78 is 27.0. The zero-order valence-corrected chi connectivity index (χ0v) is 20.1. The maximum absolute atomic E-state index is 13.5. The fourth-order valence-electron chi connectivity index (χ4n) is 4.08. The van der Waals surface area contributed by atoms with Crippen molar-refractivity contribution in [2.75, 3.05) is 26.3 Å². The molecule has 4 rings (SSSR count). The normalized spacial score (nSPS) is 14.1. The number of hydrogen-bond donors (Lipinski definition) is 1. The summed E-state index contributed by atoms with van der Waals surface area (Å²) in [7, 11) is 0. The number of aryl methyl sites for hydroxylation is 1. The number of hydrogen-bond acceptors (Lipinski definition) is 5. The van der Waals surface area contributed by atoms with Gasteiger partial charge in [-0.05, 0) is 61.6 Å². The summed E-state index contributed by atoms with van der Waals surface area (Å²) in [5.74, 6) is 3.86. The number of halogens is 1. The van der Waals surface area contributed by atoms with Gasteiger partial charge in [-0.15, -0.1) is 6.42 Å². The molecule has 0 saturated heterocycles. The second-order valence-corrected chi connectivity index (χ2v) is 8.90. The maximum atomic E-state index is 13.5. The molecule has 184 valence electrons. The molecule has 2 aromatic carbocycles. The highest BCUT2D eigenvalue weighted by Crippen LogP contribution is 2.34. The van der Waals surface area contributed by atoms with Crippen molar-refractivity contribution in [3.8, 4) is 29.7 Å². The number of aromatic nitrogens is 2. The van der Waals surface area contributed by atoms with Crippen LogP contribution in [0.25, 0.3) is 5.69 Å². The van der Waals surface area contributed by atoms with Crippen molar-refractivity contribution >= 4 is 0 Å². The summed E-state index contributed by atoms with van der Waals surface area (Å²) in [4.78, 5) is 2.24. The van der Waals surface area contributed by atoms with Crippen LogP contribution in [-0.4, -0.2) is 52.2 Å². The summed E-state index contributed by atoms with van der Waals surface area (Å²) in [5, 5.41) is 15.5. The molecule has 0 unspecified atom stereocenters. The third-order valence-corrected chi connectivity index (χ3v) is 5.94. The van der Waals surface area contributed by atoms with Gasteiger partial charge in [0.05, 0.1) is 29.7 Å². The quantitative estimate of drug-likeness (QED) is 0.288. The minimum absolute atomic E-state index is 0.180. The summed E-state index contributed by atoms with van der Waals surface area (Å²) in [6, 6.07) is 15.8. The van der Waals surface area contributed by atoms with E-state index in [1.54, 1.807) is 16.8 Å². The third-order valence-electron chi connectivity index (χ3n) is 5.94. The third kappa shape index (κ3) is 6.92. The van der Waals surface area contributed by atoms with Gasteiger partial charge in [0.2, 0.25) is 5.88 Å².